The van der Waals surface area contributed by atoms with Gasteiger partial charge in [0.25, 0.3) is 10.0 Å². The van der Waals surface area contributed by atoms with Gasteiger partial charge in [-0.25, -0.2) is 8.42 Å². The number of rotatable bonds is 12. The Morgan fingerprint density at radius 1 is 0.806 bits per heavy atom. The molecular weight excluding hydrogens is 484 g/mol. The number of methoxy groups -OCH3 is 4. The van der Waals surface area contributed by atoms with E-state index in [-0.39, 0.29) is 22.1 Å². The van der Waals surface area contributed by atoms with Crippen LogP contribution in [0.4, 0.5) is 5.69 Å². The quantitative estimate of drug-likeness (QED) is 0.396. The summed E-state index contributed by atoms with van der Waals surface area (Å²) in [7, 11) is 1.52. The second-order valence-electron chi connectivity index (χ2n) is 7.65. The van der Waals surface area contributed by atoms with Crippen LogP contribution in [0.3, 0.4) is 0 Å². The molecule has 3 rings (SSSR count). The molecule has 3 aromatic carbocycles. The molecule has 0 spiro atoms. The third kappa shape index (κ3) is 6.19. The summed E-state index contributed by atoms with van der Waals surface area (Å²) < 4.78 is 49.9. The Kier molecular flexibility index (Phi) is 9.02. The summed E-state index contributed by atoms with van der Waals surface area (Å²) in [5.74, 6) is 0.809. The van der Waals surface area contributed by atoms with Crippen molar-refractivity contribution in [2.75, 3.05) is 45.8 Å². The van der Waals surface area contributed by atoms with Gasteiger partial charge in [-0.1, -0.05) is 30.3 Å². The van der Waals surface area contributed by atoms with Crippen LogP contribution in [0.1, 0.15) is 5.56 Å². The lowest BCUT2D eigenvalue weighted by Crippen LogP contribution is -2.41. The van der Waals surface area contributed by atoms with Gasteiger partial charge in [0.1, 0.15) is 18.0 Å². The van der Waals surface area contributed by atoms with Crippen molar-refractivity contribution in [2.45, 2.75) is 11.3 Å². The number of nitrogens with zero attached hydrogens (tertiary/aromatic N) is 1. The number of hydrogen-bond donors (Lipinski definition) is 1. The first-order valence-electron chi connectivity index (χ1n) is 11.1. The van der Waals surface area contributed by atoms with Gasteiger partial charge < -0.3 is 24.3 Å². The molecule has 0 fully saturated rings. The van der Waals surface area contributed by atoms with E-state index in [1.165, 1.54) is 52.7 Å². The molecule has 0 saturated carbocycles. The molecule has 9 nitrogen and oxygen atoms in total. The molecule has 0 atom stereocenters. The Balaban J connectivity index is 1.96. The SMILES string of the molecule is COc1ccc(OC)c(N(CC(=O)NCCc2ccccc2)S(=O)(=O)c2ccc(OC)c(OC)c2)c1. The van der Waals surface area contributed by atoms with Gasteiger partial charge in [-0.2, -0.15) is 0 Å². The Morgan fingerprint density at radius 2 is 1.47 bits per heavy atom. The van der Waals surface area contributed by atoms with Crippen LogP contribution >= 0.6 is 0 Å². The normalized spacial score (nSPS) is 10.9. The second kappa shape index (κ2) is 12.2. The minimum atomic E-state index is -4.24. The smallest absolute Gasteiger partial charge is 0.265 e. The second-order valence-corrected chi connectivity index (χ2v) is 9.51. The van der Waals surface area contributed by atoms with Gasteiger partial charge in [-0.05, 0) is 36.2 Å². The largest absolute Gasteiger partial charge is 0.497 e. The number of ether oxygens (including phenoxy) is 4. The van der Waals surface area contributed by atoms with Crippen molar-refractivity contribution in [1.82, 2.24) is 5.32 Å². The maximum atomic E-state index is 13.9. The van der Waals surface area contributed by atoms with E-state index >= 15 is 0 Å². The van der Waals surface area contributed by atoms with Gasteiger partial charge in [-0.15, -0.1) is 0 Å². The summed E-state index contributed by atoms with van der Waals surface area (Å²) in [5, 5.41) is 2.80. The zero-order valence-corrected chi connectivity index (χ0v) is 21.5. The molecule has 0 aliphatic heterocycles. The Bertz CT molecular complexity index is 1280. The highest BCUT2D eigenvalue weighted by Gasteiger charge is 2.31. The number of hydrogen-bond acceptors (Lipinski definition) is 7. The molecule has 3 aromatic rings. The standard InChI is InChI=1S/C26H30N2O7S/c1-32-20-10-12-23(33-2)22(16-20)28(18-26(29)27-15-14-19-8-6-5-7-9-19)36(30,31)21-11-13-24(34-3)25(17-21)35-4/h5-13,16-17H,14-15,18H2,1-4H3,(H,27,29). The molecule has 0 aliphatic rings. The zero-order chi connectivity index (χ0) is 26.1. The lowest BCUT2D eigenvalue weighted by Gasteiger charge is -2.26. The van der Waals surface area contributed by atoms with Crippen LogP contribution in [0.2, 0.25) is 0 Å². The summed E-state index contributed by atoms with van der Waals surface area (Å²) >= 11 is 0. The van der Waals surface area contributed by atoms with E-state index in [1.807, 2.05) is 30.3 Å². The van der Waals surface area contributed by atoms with Crippen LogP contribution in [-0.2, 0) is 21.2 Å². The highest BCUT2D eigenvalue weighted by atomic mass is 32.2. The fraction of sp³-hybridized carbons (Fsp3) is 0.269. The van der Waals surface area contributed by atoms with Crippen LogP contribution in [0, 0.1) is 0 Å². The molecule has 1 N–H and O–H groups in total. The maximum absolute atomic E-state index is 13.9. The van der Waals surface area contributed by atoms with Crippen LogP contribution in [0.25, 0.3) is 0 Å². The van der Waals surface area contributed by atoms with Crippen LogP contribution < -0.4 is 28.6 Å². The molecule has 36 heavy (non-hydrogen) atoms. The van der Waals surface area contributed by atoms with Crippen molar-refractivity contribution in [3.8, 4) is 23.0 Å². The number of carbonyl (C=O) groups is 1. The fourth-order valence-corrected chi connectivity index (χ4v) is 5.01. The Morgan fingerprint density at radius 3 is 2.11 bits per heavy atom. The summed E-state index contributed by atoms with van der Waals surface area (Å²) in [6.07, 6.45) is 0.609. The summed E-state index contributed by atoms with van der Waals surface area (Å²) in [4.78, 5) is 12.9. The molecule has 192 valence electrons. The Labute approximate surface area is 211 Å². The van der Waals surface area contributed by atoms with E-state index in [0.29, 0.717) is 24.5 Å². The Hall–Kier alpha value is -3.92. The van der Waals surface area contributed by atoms with Crippen molar-refractivity contribution in [3.63, 3.8) is 0 Å². The molecule has 0 unspecified atom stereocenters. The number of amides is 1. The molecular formula is C26H30N2O7S. The van der Waals surface area contributed by atoms with E-state index in [0.717, 1.165) is 9.87 Å². The lowest BCUT2D eigenvalue weighted by atomic mass is 10.1. The topological polar surface area (TPSA) is 103 Å². The molecule has 0 radical (unpaired) electrons. The third-order valence-electron chi connectivity index (χ3n) is 5.46. The maximum Gasteiger partial charge on any atom is 0.265 e. The van der Waals surface area contributed by atoms with Gasteiger partial charge in [0.15, 0.2) is 11.5 Å². The van der Waals surface area contributed by atoms with Gasteiger partial charge in [0, 0.05) is 18.7 Å². The van der Waals surface area contributed by atoms with E-state index < -0.39 is 22.5 Å². The zero-order valence-electron chi connectivity index (χ0n) is 20.7. The number of nitrogens with one attached hydrogen (secondary N) is 1. The van der Waals surface area contributed by atoms with Gasteiger partial charge >= 0.3 is 0 Å². The van der Waals surface area contributed by atoms with Gasteiger partial charge in [0.2, 0.25) is 5.91 Å². The highest BCUT2D eigenvalue weighted by Crippen LogP contribution is 2.37. The van der Waals surface area contributed by atoms with Crippen molar-refractivity contribution in [1.29, 1.82) is 0 Å². The number of carbonyl (C=O) groups excluding carboxylic acids is 1. The highest BCUT2D eigenvalue weighted by molar-refractivity contribution is 7.92. The first-order chi connectivity index (χ1) is 17.3. The van der Waals surface area contributed by atoms with Gasteiger partial charge in [0.05, 0.1) is 39.0 Å². The number of anilines is 1. The van der Waals surface area contributed by atoms with E-state index in [1.54, 1.807) is 12.1 Å². The summed E-state index contributed by atoms with van der Waals surface area (Å²) in [6.45, 7) is -0.128. The predicted molar refractivity (Wildman–Crippen MR) is 137 cm³/mol. The first-order valence-corrected chi connectivity index (χ1v) is 12.6. The first kappa shape index (κ1) is 26.7. The van der Waals surface area contributed by atoms with Gasteiger partial charge in [-0.3, -0.25) is 9.10 Å². The van der Waals surface area contributed by atoms with Crippen molar-refractivity contribution < 1.29 is 32.2 Å². The monoisotopic (exact) mass is 514 g/mol. The van der Waals surface area contributed by atoms with E-state index in [9.17, 15) is 13.2 Å². The van der Waals surface area contributed by atoms with Crippen LogP contribution in [-0.4, -0.2) is 55.9 Å². The molecule has 1 amide bonds. The van der Waals surface area contributed by atoms with E-state index in [2.05, 4.69) is 5.32 Å². The molecule has 0 aromatic heterocycles. The minimum Gasteiger partial charge on any atom is -0.497 e. The van der Waals surface area contributed by atoms with Crippen LogP contribution in [0.5, 0.6) is 23.0 Å². The number of sulfonamides is 1. The molecule has 0 heterocycles. The number of benzene rings is 3. The summed E-state index contributed by atoms with van der Waals surface area (Å²) in [5.41, 5.74) is 1.21. The molecule has 10 heteroatoms. The lowest BCUT2D eigenvalue weighted by molar-refractivity contribution is -0.119. The van der Waals surface area contributed by atoms with E-state index in [4.69, 9.17) is 18.9 Å². The van der Waals surface area contributed by atoms with Crippen LogP contribution in [0.15, 0.2) is 71.6 Å². The van der Waals surface area contributed by atoms with Crippen molar-refractivity contribution in [3.05, 3.63) is 72.3 Å². The molecule has 0 aliphatic carbocycles. The summed E-state index contributed by atoms with van der Waals surface area (Å²) in [6, 6.07) is 18.6. The molecule has 0 bridgehead atoms. The average Bonchev–Trinajstić information content (AvgIpc) is 2.91. The average molecular weight is 515 g/mol. The van der Waals surface area contributed by atoms with Crippen molar-refractivity contribution >= 4 is 21.6 Å². The molecule has 0 saturated heterocycles. The minimum absolute atomic E-state index is 0.0814. The van der Waals surface area contributed by atoms with Crippen molar-refractivity contribution in [2.24, 2.45) is 0 Å². The fourth-order valence-electron chi connectivity index (χ4n) is 3.57. The third-order valence-corrected chi connectivity index (χ3v) is 7.22. The predicted octanol–water partition coefficient (Wildman–Crippen LogP) is 3.28.